The third-order valence-corrected chi connectivity index (χ3v) is 6.20. The highest BCUT2D eigenvalue weighted by Gasteiger charge is 2.49. The lowest BCUT2D eigenvalue weighted by Gasteiger charge is -2.37. The smallest absolute Gasteiger partial charge is 0.318 e. The van der Waals surface area contributed by atoms with Gasteiger partial charge < -0.3 is 15.5 Å². The van der Waals surface area contributed by atoms with Crippen LogP contribution in [0.2, 0.25) is 0 Å². The van der Waals surface area contributed by atoms with Gasteiger partial charge in [0, 0.05) is 32.4 Å². The summed E-state index contributed by atoms with van der Waals surface area (Å²) in [5.74, 6) is -4.67. The van der Waals surface area contributed by atoms with Crippen molar-refractivity contribution in [3.8, 4) is 6.07 Å². The Balaban J connectivity index is 1.63. The molecule has 0 unspecified atom stereocenters. The Kier molecular flexibility index (Phi) is 5.71. The minimum Gasteiger partial charge on any atom is -0.336 e. The predicted octanol–water partition coefficient (Wildman–Crippen LogP) is 0.801. The van der Waals surface area contributed by atoms with E-state index in [0.29, 0.717) is 12.8 Å². The van der Waals surface area contributed by atoms with Crippen molar-refractivity contribution in [3.05, 3.63) is 0 Å². The van der Waals surface area contributed by atoms with Gasteiger partial charge in [-0.3, -0.25) is 19.7 Å². The maximum atomic E-state index is 14.0. The highest BCUT2D eigenvalue weighted by Crippen LogP contribution is 2.38. The molecule has 9 nitrogen and oxygen atoms in total. The zero-order valence-electron chi connectivity index (χ0n) is 16.7. The Morgan fingerprint density at radius 1 is 1.27 bits per heavy atom. The van der Waals surface area contributed by atoms with E-state index >= 15 is 0 Å². The lowest BCUT2D eigenvalue weighted by atomic mass is 9.77. The molecular formula is C19H25F2N5O4. The molecule has 0 radical (unpaired) electrons. The lowest BCUT2D eigenvalue weighted by Crippen LogP contribution is -2.56. The standard InChI is InChI=1S/C19H25F2N5O4/c1-2-19(20,21)9-12(14(28)25-18(11-22)3-4-18)23-16(30)26-7-5-17(6-8-26)10-13(27)24-15(17)29/h12H,2-10H2,1H3,(H,23,30)(H,25,28)(H,24,27,29)/t12-/m0/s1. The molecule has 164 valence electrons. The topological polar surface area (TPSA) is 131 Å². The molecule has 3 N–H and O–H groups in total. The Bertz CT molecular complexity index is 797. The number of nitrogens with zero attached hydrogens (tertiary/aromatic N) is 2. The summed E-state index contributed by atoms with van der Waals surface area (Å²) in [5.41, 5.74) is -1.87. The summed E-state index contributed by atoms with van der Waals surface area (Å²) < 4.78 is 28.0. The van der Waals surface area contributed by atoms with E-state index in [-0.39, 0.29) is 44.2 Å². The molecule has 2 saturated heterocycles. The monoisotopic (exact) mass is 425 g/mol. The second kappa shape index (κ2) is 7.81. The van der Waals surface area contributed by atoms with Gasteiger partial charge in [0.15, 0.2) is 0 Å². The van der Waals surface area contributed by atoms with Gasteiger partial charge in [-0.1, -0.05) is 6.92 Å². The number of hydrogen-bond donors (Lipinski definition) is 3. The van der Waals surface area contributed by atoms with Crippen molar-refractivity contribution in [2.75, 3.05) is 13.1 Å². The van der Waals surface area contributed by atoms with Crippen LogP contribution in [0.3, 0.4) is 0 Å². The largest absolute Gasteiger partial charge is 0.336 e. The summed E-state index contributed by atoms with van der Waals surface area (Å²) in [6.07, 6.45) is 0.132. The number of urea groups is 1. The Hall–Kier alpha value is -2.77. The fourth-order valence-electron chi connectivity index (χ4n) is 3.84. The van der Waals surface area contributed by atoms with E-state index < -0.39 is 47.7 Å². The number of likely N-dealkylation sites (tertiary alicyclic amines) is 1. The normalized spacial score (nSPS) is 22.8. The molecule has 2 aliphatic heterocycles. The van der Waals surface area contributed by atoms with Crippen LogP contribution in [0.1, 0.15) is 51.9 Å². The molecule has 0 aromatic heterocycles. The van der Waals surface area contributed by atoms with Gasteiger partial charge in [-0.15, -0.1) is 0 Å². The summed E-state index contributed by atoms with van der Waals surface area (Å²) in [6, 6.07) is -0.227. The van der Waals surface area contributed by atoms with Crippen LogP contribution in [-0.2, 0) is 14.4 Å². The SMILES string of the molecule is CCC(F)(F)C[C@H](NC(=O)N1CCC2(CC1)CC(=O)NC2=O)C(=O)NC1(C#N)CC1. The number of imide groups is 1. The zero-order valence-corrected chi connectivity index (χ0v) is 16.7. The van der Waals surface area contributed by atoms with Crippen LogP contribution in [0.4, 0.5) is 13.6 Å². The molecule has 30 heavy (non-hydrogen) atoms. The first-order valence-corrected chi connectivity index (χ1v) is 10.0. The zero-order chi connectivity index (χ0) is 22.2. The summed E-state index contributed by atoms with van der Waals surface area (Å²) in [4.78, 5) is 50.1. The fourth-order valence-corrected chi connectivity index (χ4v) is 3.84. The van der Waals surface area contributed by atoms with Gasteiger partial charge in [-0.2, -0.15) is 5.26 Å². The highest BCUT2D eigenvalue weighted by molar-refractivity contribution is 6.06. The van der Waals surface area contributed by atoms with Gasteiger partial charge in [0.05, 0.1) is 11.5 Å². The quantitative estimate of drug-likeness (QED) is 0.542. The molecule has 0 aromatic rings. The molecule has 2 heterocycles. The number of piperidine rings is 1. The molecule has 1 atom stereocenters. The maximum Gasteiger partial charge on any atom is 0.318 e. The second-order valence-corrected chi connectivity index (χ2v) is 8.42. The molecule has 5 amide bonds. The van der Waals surface area contributed by atoms with Crippen LogP contribution in [-0.4, -0.2) is 59.2 Å². The first-order valence-electron chi connectivity index (χ1n) is 10.0. The minimum absolute atomic E-state index is 0.0747. The van der Waals surface area contributed by atoms with E-state index in [1.165, 1.54) is 11.8 Å². The summed E-state index contributed by atoms with van der Waals surface area (Å²) >= 11 is 0. The van der Waals surface area contributed by atoms with Crippen molar-refractivity contribution in [2.45, 2.75) is 69.4 Å². The molecule has 3 rings (SSSR count). The van der Waals surface area contributed by atoms with E-state index in [1.54, 1.807) is 0 Å². The number of rotatable bonds is 6. The van der Waals surface area contributed by atoms with E-state index in [1.807, 2.05) is 6.07 Å². The summed E-state index contributed by atoms with van der Waals surface area (Å²) in [5, 5.41) is 16.2. The predicted molar refractivity (Wildman–Crippen MR) is 98.9 cm³/mol. The van der Waals surface area contributed by atoms with Crippen LogP contribution in [0.25, 0.3) is 0 Å². The molecule has 0 bridgehead atoms. The van der Waals surface area contributed by atoms with Crippen LogP contribution >= 0.6 is 0 Å². The van der Waals surface area contributed by atoms with Gasteiger partial charge >= 0.3 is 6.03 Å². The van der Waals surface area contributed by atoms with Crippen molar-refractivity contribution >= 4 is 23.8 Å². The summed E-state index contributed by atoms with van der Waals surface area (Å²) in [7, 11) is 0. The lowest BCUT2D eigenvalue weighted by molar-refractivity contribution is -0.130. The number of nitriles is 1. The molecule has 1 spiro atoms. The number of carbonyl (C=O) groups excluding carboxylic acids is 4. The molecule has 1 saturated carbocycles. The molecule has 3 fully saturated rings. The summed E-state index contributed by atoms with van der Waals surface area (Å²) in [6.45, 7) is 1.60. The number of nitrogens with one attached hydrogen (secondary N) is 3. The van der Waals surface area contributed by atoms with E-state index in [9.17, 15) is 28.0 Å². The molecule has 0 aromatic carbocycles. The van der Waals surface area contributed by atoms with Crippen LogP contribution in [0.15, 0.2) is 0 Å². The number of amides is 5. The van der Waals surface area contributed by atoms with Gasteiger partial charge in [-0.25, -0.2) is 13.6 Å². The minimum atomic E-state index is -3.16. The third kappa shape index (κ3) is 4.52. The molecule has 11 heteroatoms. The van der Waals surface area contributed by atoms with Gasteiger partial charge in [-0.05, 0) is 25.7 Å². The Morgan fingerprint density at radius 2 is 1.90 bits per heavy atom. The Morgan fingerprint density at radius 3 is 2.37 bits per heavy atom. The second-order valence-electron chi connectivity index (χ2n) is 8.42. The third-order valence-electron chi connectivity index (χ3n) is 6.20. The highest BCUT2D eigenvalue weighted by atomic mass is 19.3. The number of halogens is 2. The maximum absolute atomic E-state index is 14.0. The average Bonchev–Trinajstić information content (AvgIpc) is 3.41. The van der Waals surface area contributed by atoms with Gasteiger partial charge in [0.1, 0.15) is 11.6 Å². The van der Waals surface area contributed by atoms with E-state index in [2.05, 4.69) is 16.0 Å². The van der Waals surface area contributed by atoms with Crippen molar-refractivity contribution in [2.24, 2.45) is 5.41 Å². The van der Waals surface area contributed by atoms with E-state index in [4.69, 9.17) is 5.26 Å². The average molecular weight is 425 g/mol. The molecular weight excluding hydrogens is 400 g/mol. The van der Waals surface area contributed by atoms with Crippen LogP contribution in [0, 0.1) is 16.7 Å². The van der Waals surface area contributed by atoms with Crippen molar-refractivity contribution in [1.82, 2.24) is 20.9 Å². The van der Waals surface area contributed by atoms with Crippen molar-refractivity contribution < 1.29 is 28.0 Å². The number of carbonyl (C=O) groups is 4. The molecule has 1 aliphatic carbocycles. The van der Waals surface area contributed by atoms with Crippen molar-refractivity contribution in [3.63, 3.8) is 0 Å². The first kappa shape index (κ1) is 21.9. The fraction of sp³-hybridized carbons (Fsp3) is 0.737. The number of hydrogen-bond acceptors (Lipinski definition) is 5. The van der Waals surface area contributed by atoms with Gasteiger partial charge in [0.25, 0.3) is 0 Å². The van der Waals surface area contributed by atoms with Gasteiger partial charge in [0.2, 0.25) is 23.6 Å². The first-order chi connectivity index (χ1) is 14.0. The Labute approximate surface area is 172 Å². The van der Waals surface area contributed by atoms with Crippen LogP contribution in [0.5, 0.6) is 0 Å². The van der Waals surface area contributed by atoms with Crippen molar-refractivity contribution in [1.29, 1.82) is 5.26 Å². The molecule has 3 aliphatic rings. The number of alkyl halides is 2. The van der Waals surface area contributed by atoms with Crippen LogP contribution < -0.4 is 16.0 Å². The van der Waals surface area contributed by atoms with E-state index in [0.717, 1.165) is 0 Å².